The minimum absolute atomic E-state index is 0. The second-order valence-electron chi connectivity index (χ2n) is 7.23. The number of nitrogens with zero attached hydrogens (tertiary/aromatic N) is 2. The van der Waals surface area contributed by atoms with Crippen molar-refractivity contribution in [1.82, 2.24) is 10.2 Å². The molecule has 0 aliphatic carbocycles. The first kappa shape index (κ1) is 24.7. The number of rotatable bonds is 6. The summed E-state index contributed by atoms with van der Waals surface area (Å²) in [6.45, 7) is 4.57. The van der Waals surface area contributed by atoms with E-state index in [1.165, 1.54) is 18.1 Å². The first-order valence-corrected chi connectivity index (χ1v) is 10.3. The second kappa shape index (κ2) is 13.0. The Balaban J connectivity index is 0.00000341. The Morgan fingerprint density at radius 1 is 1.13 bits per heavy atom. The molecule has 1 aliphatic heterocycles. The van der Waals surface area contributed by atoms with Gasteiger partial charge in [0.15, 0.2) is 5.96 Å². The van der Waals surface area contributed by atoms with Gasteiger partial charge in [0.1, 0.15) is 12.4 Å². The maximum Gasteiger partial charge on any atom is 0.221 e. The molecule has 166 valence electrons. The minimum Gasteiger partial charge on any atom is -0.492 e. The number of carbonyl (C=O) groups is 1. The molecule has 1 saturated heterocycles. The van der Waals surface area contributed by atoms with Crippen molar-refractivity contribution >= 4 is 47.6 Å². The molecular weight excluding hydrogens is 503 g/mol. The molecular formula is C24H31IN4O2. The van der Waals surface area contributed by atoms with Crippen LogP contribution in [0, 0.1) is 0 Å². The number of halogens is 1. The lowest BCUT2D eigenvalue weighted by molar-refractivity contribution is -0.114. The van der Waals surface area contributed by atoms with Crippen molar-refractivity contribution < 1.29 is 9.53 Å². The van der Waals surface area contributed by atoms with Gasteiger partial charge in [-0.15, -0.1) is 24.0 Å². The maximum absolute atomic E-state index is 11.2. The number of hydrogen-bond acceptors (Lipinski definition) is 3. The predicted octanol–water partition coefficient (Wildman–Crippen LogP) is 4.40. The SMILES string of the molecule is CN=C(NCCOc1cccc(NC(C)=O)c1)N1CCC(=Cc2ccccc2)CC1.I. The van der Waals surface area contributed by atoms with Crippen LogP contribution >= 0.6 is 24.0 Å². The van der Waals surface area contributed by atoms with Gasteiger partial charge in [0.2, 0.25) is 5.91 Å². The van der Waals surface area contributed by atoms with E-state index in [0.717, 1.165) is 43.3 Å². The summed E-state index contributed by atoms with van der Waals surface area (Å²) in [6.07, 6.45) is 4.39. The van der Waals surface area contributed by atoms with Crippen LogP contribution in [0.1, 0.15) is 25.3 Å². The fourth-order valence-electron chi connectivity index (χ4n) is 3.47. The summed E-state index contributed by atoms with van der Waals surface area (Å²) >= 11 is 0. The molecule has 1 aliphatic rings. The van der Waals surface area contributed by atoms with E-state index in [-0.39, 0.29) is 29.9 Å². The van der Waals surface area contributed by atoms with Crippen molar-refractivity contribution in [2.75, 3.05) is 38.6 Å². The number of ether oxygens (including phenoxy) is 1. The van der Waals surface area contributed by atoms with E-state index < -0.39 is 0 Å². The van der Waals surface area contributed by atoms with E-state index in [1.54, 1.807) is 0 Å². The summed E-state index contributed by atoms with van der Waals surface area (Å²) in [5, 5.41) is 6.14. The number of anilines is 1. The van der Waals surface area contributed by atoms with Crippen molar-refractivity contribution in [2.24, 2.45) is 4.99 Å². The summed E-state index contributed by atoms with van der Waals surface area (Å²) in [5.74, 6) is 1.54. The van der Waals surface area contributed by atoms with Gasteiger partial charge in [0.25, 0.3) is 0 Å². The lowest BCUT2D eigenvalue weighted by atomic mass is 10.0. The number of nitrogens with one attached hydrogen (secondary N) is 2. The van der Waals surface area contributed by atoms with Gasteiger partial charge >= 0.3 is 0 Å². The topological polar surface area (TPSA) is 66.0 Å². The number of carbonyl (C=O) groups excluding carboxylic acids is 1. The number of piperidine rings is 1. The predicted molar refractivity (Wildman–Crippen MR) is 138 cm³/mol. The van der Waals surface area contributed by atoms with Crippen molar-refractivity contribution in [3.63, 3.8) is 0 Å². The molecule has 0 bridgehead atoms. The Bertz CT molecular complexity index is 889. The molecule has 2 aromatic rings. The van der Waals surface area contributed by atoms with Crippen molar-refractivity contribution in [3.05, 3.63) is 65.7 Å². The Kier molecular flexibility index (Phi) is 10.4. The molecule has 6 nitrogen and oxygen atoms in total. The van der Waals surface area contributed by atoms with Crippen LogP contribution in [0.5, 0.6) is 5.75 Å². The van der Waals surface area contributed by atoms with E-state index in [4.69, 9.17) is 4.74 Å². The largest absolute Gasteiger partial charge is 0.492 e. The van der Waals surface area contributed by atoms with E-state index in [0.29, 0.717) is 13.2 Å². The van der Waals surface area contributed by atoms with Crippen LogP contribution in [0.15, 0.2) is 65.2 Å². The average Bonchev–Trinajstić information content (AvgIpc) is 2.75. The molecule has 2 aromatic carbocycles. The van der Waals surface area contributed by atoms with Crippen LogP contribution in [-0.2, 0) is 4.79 Å². The lowest BCUT2D eigenvalue weighted by Crippen LogP contribution is -2.45. The quantitative estimate of drug-likeness (QED) is 0.250. The summed E-state index contributed by atoms with van der Waals surface area (Å²) in [7, 11) is 1.81. The van der Waals surface area contributed by atoms with Gasteiger partial charge in [-0.05, 0) is 30.5 Å². The summed E-state index contributed by atoms with van der Waals surface area (Å²) in [6, 6.07) is 17.9. The van der Waals surface area contributed by atoms with Crippen molar-refractivity contribution in [2.45, 2.75) is 19.8 Å². The molecule has 1 fully saturated rings. The van der Waals surface area contributed by atoms with Gasteiger partial charge < -0.3 is 20.3 Å². The van der Waals surface area contributed by atoms with Crippen LogP contribution in [-0.4, -0.2) is 50.1 Å². The van der Waals surface area contributed by atoms with Crippen LogP contribution < -0.4 is 15.4 Å². The third kappa shape index (κ3) is 8.24. The zero-order valence-electron chi connectivity index (χ0n) is 18.1. The molecule has 0 unspecified atom stereocenters. The van der Waals surface area contributed by atoms with E-state index in [9.17, 15) is 4.79 Å². The Morgan fingerprint density at radius 3 is 2.55 bits per heavy atom. The molecule has 31 heavy (non-hydrogen) atoms. The van der Waals surface area contributed by atoms with Crippen LogP contribution in [0.3, 0.4) is 0 Å². The normalized spacial score (nSPS) is 13.8. The fraction of sp³-hybridized carbons (Fsp3) is 0.333. The summed E-state index contributed by atoms with van der Waals surface area (Å²) < 4.78 is 5.80. The van der Waals surface area contributed by atoms with Crippen LogP contribution in [0.2, 0.25) is 0 Å². The molecule has 1 amide bonds. The van der Waals surface area contributed by atoms with Crippen molar-refractivity contribution in [1.29, 1.82) is 0 Å². The molecule has 0 atom stereocenters. The first-order valence-electron chi connectivity index (χ1n) is 10.3. The maximum atomic E-state index is 11.2. The highest BCUT2D eigenvalue weighted by Crippen LogP contribution is 2.20. The van der Waals surface area contributed by atoms with Gasteiger partial charge in [0.05, 0.1) is 6.54 Å². The molecule has 0 radical (unpaired) electrons. The van der Waals surface area contributed by atoms with E-state index in [1.807, 2.05) is 37.4 Å². The third-order valence-corrected chi connectivity index (χ3v) is 4.90. The molecule has 7 heteroatoms. The van der Waals surface area contributed by atoms with Gasteiger partial charge in [-0.25, -0.2) is 0 Å². The number of benzene rings is 2. The second-order valence-corrected chi connectivity index (χ2v) is 7.23. The number of aliphatic imine (C=N–C) groups is 1. The monoisotopic (exact) mass is 534 g/mol. The smallest absolute Gasteiger partial charge is 0.221 e. The standard InChI is InChI=1S/C24H30N4O2.HI/c1-19(29)27-22-9-6-10-23(18-22)30-16-13-26-24(25-2)28-14-11-21(12-15-28)17-20-7-4-3-5-8-20;/h3-10,17-18H,11-16H2,1-2H3,(H,25,26)(H,27,29);1H. The minimum atomic E-state index is -0.0964. The molecule has 2 N–H and O–H groups in total. The van der Waals surface area contributed by atoms with Crippen LogP contribution in [0.25, 0.3) is 6.08 Å². The third-order valence-electron chi connectivity index (χ3n) is 4.90. The molecule has 0 spiro atoms. The highest BCUT2D eigenvalue weighted by molar-refractivity contribution is 14.0. The average molecular weight is 534 g/mol. The number of likely N-dealkylation sites (tertiary alicyclic amines) is 1. The van der Waals surface area contributed by atoms with Crippen LogP contribution in [0.4, 0.5) is 5.69 Å². The number of hydrogen-bond donors (Lipinski definition) is 2. The Labute approximate surface area is 201 Å². The summed E-state index contributed by atoms with van der Waals surface area (Å²) in [4.78, 5) is 17.9. The molecule has 0 aromatic heterocycles. The lowest BCUT2D eigenvalue weighted by Gasteiger charge is -2.31. The molecule has 3 rings (SSSR count). The van der Waals surface area contributed by atoms with Gasteiger partial charge in [-0.3, -0.25) is 9.79 Å². The van der Waals surface area contributed by atoms with E-state index in [2.05, 4.69) is 50.9 Å². The highest BCUT2D eigenvalue weighted by atomic mass is 127. The van der Waals surface area contributed by atoms with Crippen molar-refractivity contribution in [3.8, 4) is 5.75 Å². The number of amides is 1. The summed E-state index contributed by atoms with van der Waals surface area (Å²) in [5.41, 5.74) is 3.48. The van der Waals surface area contributed by atoms with Gasteiger partial charge in [-0.1, -0.05) is 48.0 Å². The van der Waals surface area contributed by atoms with Gasteiger partial charge in [0, 0.05) is 38.8 Å². The zero-order valence-corrected chi connectivity index (χ0v) is 20.5. The molecule has 0 saturated carbocycles. The first-order chi connectivity index (χ1) is 14.6. The number of guanidine groups is 1. The van der Waals surface area contributed by atoms with E-state index >= 15 is 0 Å². The Hall–Kier alpha value is -2.55. The highest BCUT2D eigenvalue weighted by Gasteiger charge is 2.17. The fourth-order valence-corrected chi connectivity index (χ4v) is 3.47. The molecule has 1 heterocycles. The Morgan fingerprint density at radius 2 is 1.87 bits per heavy atom. The van der Waals surface area contributed by atoms with Gasteiger partial charge in [-0.2, -0.15) is 0 Å². The zero-order chi connectivity index (χ0) is 21.2.